The Morgan fingerprint density at radius 3 is 2.46 bits per heavy atom. The first-order valence-corrected chi connectivity index (χ1v) is 8.40. The van der Waals surface area contributed by atoms with Crippen LogP contribution in [0.2, 0.25) is 0 Å². The highest BCUT2D eigenvalue weighted by molar-refractivity contribution is 6.08. The molecular formula is C21H18N2O5. The van der Waals surface area contributed by atoms with Crippen molar-refractivity contribution >= 4 is 17.5 Å². The van der Waals surface area contributed by atoms with Gasteiger partial charge in [0.05, 0.1) is 24.7 Å². The number of carbonyl (C=O) groups excluding carboxylic acids is 1. The van der Waals surface area contributed by atoms with E-state index in [1.807, 2.05) is 22.9 Å². The molecule has 0 aliphatic rings. The molecule has 0 atom stereocenters. The fourth-order valence-electron chi connectivity index (χ4n) is 2.76. The predicted molar refractivity (Wildman–Crippen MR) is 105 cm³/mol. The summed E-state index contributed by atoms with van der Waals surface area (Å²) in [6.45, 7) is 0. The second-order valence-electron chi connectivity index (χ2n) is 5.84. The molecule has 1 heterocycles. The number of allylic oxidation sites excluding steroid dienone is 1. The van der Waals surface area contributed by atoms with Gasteiger partial charge in [-0.2, -0.15) is 0 Å². The van der Waals surface area contributed by atoms with Crippen molar-refractivity contribution in [3.05, 3.63) is 88.2 Å². The maximum atomic E-state index is 12.6. The van der Waals surface area contributed by atoms with Crippen LogP contribution < -0.4 is 9.47 Å². The molecule has 2 aromatic carbocycles. The molecule has 7 heteroatoms. The van der Waals surface area contributed by atoms with Crippen LogP contribution in [0.3, 0.4) is 0 Å². The molecule has 0 saturated heterocycles. The lowest BCUT2D eigenvalue weighted by Gasteiger charge is -2.08. The zero-order chi connectivity index (χ0) is 20.1. The van der Waals surface area contributed by atoms with E-state index in [0.29, 0.717) is 17.1 Å². The van der Waals surface area contributed by atoms with Gasteiger partial charge in [-0.25, -0.2) is 0 Å². The molecule has 1 aromatic heterocycles. The molecule has 0 fully saturated rings. The van der Waals surface area contributed by atoms with Gasteiger partial charge >= 0.3 is 0 Å². The number of aromatic nitrogens is 1. The highest BCUT2D eigenvalue weighted by atomic mass is 16.6. The second kappa shape index (κ2) is 8.22. The molecule has 0 aliphatic carbocycles. The molecule has 28 heavy (non-hydrogen) atoms. The number of nitrogens with zero attached hydrogens (tertiary/aromatic N) is 2. The maximum absolute atomic E-state index is 12.6. The van der Waals surface area contributed by atoms with Crippen LogP contribution in [0, 0.1) is 10.1 Å². The fraction of sp³-hybridized carbons (Fsp3) is 0.0952. The number of methoxy groups -OCH3 is 2. The molecule has 0 amide bonds. The minimum atomic E-state index is -0.444. The summed E-state index contributed by atoms with van der Waals surface area (Å²) in [7, 11) is 3.03. The van der Waals surface area contributed by atoms with Crippen LogP contribution in [0.15, 0.2) is 66.9 Å². The molecule has 3 aromatic rings. The molecule has 0 N–H and O–H groups in total. The van der Waals surface area contributed by atoms with E-state index < -0.39 is 4.92 Å². The number of carbonyl (C=O) groups is 1. The number of benzene rings is 2. The average Bonchev–Trinajstić information content (AvgIpc) is 3.20. The van der Waals surface area contributed by atoms with Gasteiger partial charge in [-0.3, -0.25) is 14.9 Å². The zero-order valence-electron chi connectivity index (χ0n) is 15.4. The molecule has 142 valence electrons. The van der Waals surface area contributed by atoms with Gasteiger partial charge in [0, 0.05) is 29.7 Å². The predicted octanol–water partition coefficient (Wildman–Crippen LogP) is 4.30. The third-order valence-electron chi connectivity index (χ3n) is 4.20. The normalized spacial score (nSPS) is 10.8. The van der Waals surface area contributed by atoms with Gasteiger partial charge in [-0.05, 0) is 54.6 Å². The molecule has 3 rings (SSSR count). The Kier molecular flexibility index (Phi) is 5.55. The van der Waals surface area contributed by atoms with E-state index in [9.17, 15) is 14.9 Å². The van der Waals surface area contributed by atoms with E-state index in [2.05, 4.69) is 0 Å². The smallest absolute Gasteiger partial charge is 0.269 e. The van der Waals surface area contributed by atoms with Crippen LogP contribution >= 0.6 is 0 Å². The number of hydrogen-bond donors (Lipinski definition) is 0. The SMILES string of the molecule is COc1ccc(OC)c(C(=O)/C=C/c2cccn2-c2ccc([N+](=O)[O-])cc2)c1. The molecule has 7 nitrogen and oxygen atoms in total. The van der Waals surface area contributed by atoms with Crippen molar-refractivity contribution in [3.8, 4) is 17.2 Å². The summed E-state index contributed by atoms with van der Waals surface area (Å²) < 4.78 is 12.3. The number of non-ortho nitro benzene ring substituents is 1. The summed E-state index contributed by atoms with van der Waals surface area (Å²) >= 11 is 0. The van der Waals surface area contributed by atoms with Gasteiger partial charge in [-0.1, -0.05) is 0 Å². The van der Waals surface area contributed by atoms with E-state index in [-0.39, 0.29) is 11.5 Å². The Labute approximate surface area is 161 Å². The van der Waals surface area contributed by atoms with Crippen molar-refractivity contribution in [2.24, 2.45) is 0 Å². The van der Waals surface area contributed by atoms with E-state index in [0.717, 1.165) is 11.4 Å². The lowest BCUT2D eigenvalue weighted by atomic mass is 10.1. The first-order chi connectivity index (χ1) is 13.5. The average molecular weight is 378 g/mol. The van der Waals surface area contributed by atoms with Crippen molar-refractivity contribution in [2.45, 2.75) is 0 Å². The van der Waals surface area contributed by atoms with Crippen LogP contribution in [0.1, 0.15) is 16.1 Å². The van der Waals surface area contributed by atoms with Crippen LogP contribution in [0.4, 0.5) is 5.69 Å². The molecule has 0 saturated carbocycles. The molecule has 0 bridgehead atoms. The Bertz CT molecular complexity index is 1040. The van der Waals surface area contributed by atoms with Crippen LogP contribution in [0.25, 0.3) is 11.8 Å². The van der Waals surface area contributed by atoms with Gasteiger partial charge in [0.25, 0.3) is 5.69 Å². The molecule has 0 radical (unpaired) electrons. The third-order valence-corrected chi connectivity index (χ3v) is 4.20. The van der Waals surface area contributed by atoms with Crippen molar-refractivity contribution in [1.29, 1.82) is 0 Å². The zero-order valence-corrected chi connectivity index (χ0v) is 15.4. The number of nitro benzene ring substituents is 1. The minimum absolute atomic E-state index is 0.0216. The van der Waals surface area contributed by atoms with Crippen molar-refractivity contribution in [3.63, 3.8) is 0 Å². The van der Waals surface area contributed by atoms with Crippen molar-refractivity contribution < 1.29 is 19.2 Å². The van der Waals surface area contributed by atoms with E-state index >= 15 is 0 Å². The highest BCUT2D eigenvalue weighted by Crippen LogP contribution is 2.25. The first-order valence-electron chi connectivity index (χ1n) is 8.40. The number of ketones is 1. The Morgan fingerprint density at radius 1 is 1.07 bits per heavy atom. The third kappa shape index (κ3) is 3.93. The minimum Gasteiger partial charge on any atom is -0.497 e. The van der Waals surface area contributed by atoms with Crippen LogP contribution in [0.5, 0.6) is 11.5 Å². The topological polar surface area (TPSA) is 83.6 Å². The summed E-state index contributed by atoms with van der Waals surface area (Å²) in [5.41, 5.74) is 1.92. The summed E-state index contributed by atoms with van der Waals surface area (Å²) in [6.07, 6.45) is 4.95. The summed E-state index contributed by atoms with van der Waals surface area (Å²) in [6, 6.07) is 14.9. The lowest BCUT2D eigenvalue weighted by Crippen LogP contribution is -2.00. The molecule has 0 aliphatic heterocycles. The Balaban J connectivity index is 1.87. The first kappa shape index (κ1) is 18.9. The molecule has 0 spiro atoms. The number of hydrogen-bond acceptors (Lipinski definition) is 5. The standard InChI is InChI=1S/C21H18N2O5/c1-27-18-10-12-21(28-2)19(14-18)20(24)11-9-15-4-3-13-22(15)16-5-7-17(8-6-16)23(25)26/h3-14H,1-2H3/b11-9+. The highest BCUT2D eigenvalue weighted by Gasteiger charge is 2.12. The van der Waals surface area contributed by atoms with Gasteiger partial charge < -0.3 is 14.0 Å². The van der Waals surface area contributed by atoms with Crippen LogP contribution in [-0.2, 0) is 0 Å². The van der Waals surface area contributed by atoms with Crippen LogP contribution in [-0.4, -0.2) is 29.5 Å². The summed E-state index contributed by atoms with van der Waals surface area (Å²) in [5.74, 6) is 0.792. The van der Waals surface area contributed by atoms with E-state index in [1.54, 1.807) is 36.4 Å². The van der Waals surface area contributed by atoms with E-state index in [4.69, 9.17) is 9.47 Å². The Morgan fingerprint density at radius 2 is 1.82 bits per heavy atom. The number of rotatable bonds is 7. The van der Waals surface area contributed by atoms with Crippen molar-refractivity contribution in [2.75, 3.05) is 14.2 Å². The molecular weight excluding hydrogens is 360 g/mol. The van der Waals surface area contributed by atoms with Gasteiger partial charge in [0.2, 0.25) is 0 Å². The maximum Gasteiger partial charge on any atom is 0.269 e. The molecule has 0 unspecified atom stereocenters. The monoisotopic (exact) mass is 378 g/mol. The van der Waals surface area contributed by atoms with Gasteiger partial charge in [-0.15, -0.1) is 0 Å². The number of nitro groups is 1. The summed E-state index contributed by atoms with van der Waals surface area (Å²) in [4.78, 5) is 23.0. The number of ether oxygens (including phenoxy) is 2. The van der Waals surface area contributed by atoms with Gasteiger partial charge in [0.1, 0.15) is 11.5 Å². The largest absolute Gasteiger partial charge is 0.497 e. The van der Waals surface area contributed by atoms with E-state index in [1.165, 1.54) is 32.4 Å². The van der Waals surface area contributed by atoms with Gasteiger partial charge in [0.15, 0.2) is 5.78 Å². The summed E-state index contributed by atoms with van der Waals surface area (Å²) in [5, 5.41) is 10.8. The van der Waals surface area contributed by atoms with Crippen molar-refractivity contribution in [1.82, 2.24) is 4.57 Å². The second-order valence-corrected chi connectivity index (χ2v) is 5.84. The quantitative estimate of drug-likeness (QED) is 0.265. The lowest BCUT2D eigenvalue weighted by molar-refractivity contribution is -0.384. The Hall–Kier alpha value is -3.87. The fourth-order valence-corrected chi connectivity index (χ4v) is 2.76.